The van der Waals surface area contributed by atoms with Crippen molar-refractivity contribution in [2.75, 3.05) is 0 Å². The molecule has 0 bridgehead atoms. The normalized spacial score (nSPS) is 13.2. The Balaban J connectivity index is 1.43. The summed E-state index contributed by atoms with van der Waals surface area (Å²) >= 11 is 0. The minimum absolute atomic E-state index is 0.0135. The maximum atomic E-state index is 12.3. The third-order valence-electron chi connectivity index (χ3n) is 5.08. The summed E-state index contributed by atoms with van der Waals surface area (Å²) in [4.78, 5) is 12.3. The SMILES string of the molecule is Cc1ccc2c(CC(=O)NCc3ccc4c(c3)CNC4)coc2c1C. The van der Waals surface area contributed by atoms with Gasteiger partial charge >= 0.3 is 0 Å². The first-order valence-electron chi connectivity index (χ1n) is 8.66. The van der Waals surface area contributed by atoms with Crippen LogP contribution in [0.25, 0.3) is 11.0 Å². The zero-order valence-corrected chi connectivity index (χ0v) is 14.6. The van der Waals surface area contributed by atoms with Crippen LogP contribution >= 0.6 is 0 Å². The Morgan fingerprint density at radius 2 is 2.00 bits per heavy atom. The molecule has 25 heavy (non-hydrogen) atoms. The van der Waals surface area contributed by atoms with Crippen LogP contribution in [0.15, 0.2) is 41.0 Å². The predicted octanol–water partition coefficient (Wildman–Crippen LogP) is 3.51. The van der Waals surface area contributed by atoms with Gasteiger partial charge in [-0.15, -0.1) is 0 Å². The average Bonchev–Trinajstić information content (AvgIpc) is 3.23. The van der Waals surface area contributed by atoms with Gasteiger partial charge in [0.05, 0.1) is 12.7 Å². The summed E-state index contributed by atoms with van der Waals surface area (Å²) in [5.41, 5.74) is 7.98. The summed E-state index contributed by atoms with van der Waals surface area (Å²) in [6.07, 6.45) is 2.04. The fraction of sp³-hybridized carbons (Fsp3) is 0.286. The number of hydrogen-bond acceptors (Lipinski definition) is 3. The molecule has 4 nitrogen and oxygen atoms in total. The highest BCUT2D eigenvalue weighted by molar-refractivity contribution is 5.89. The van der Waals surface area contributed by atoms with Crippen LogP contribution in [-0.4, -0.2) is 5.91 Å². The van der Waals surface area contributed by atoms with Crippen LogP contribution in [0, 0.1) is 13.8 Å². The van der Waals surface area contributed by atoms with E-state index in [0.717, 1.165) is 40.7 Å². The molecule has 2 N–H and O–H groups in total. The van der Waals surface area contributed by atoms with E-state index in [1.807, 2.05) is 13.0 Å². The summed E-state index contributed by atoms with van der Waals surface area (Å²) in [6, 6.07) is 10.5. The van der Waals surface area contributed by atoms with Crippen molar-refractivity contribution >= 4 is 16.9 Å². The van der Waals surface area contributed by atoms with E-state index in [1.165, 1.54) is 16.7 Å². The highest BCUT2D eigenvalue weighted by atomic mass is 16.3. The number of carbonyl (C=O) groups excluding carboxylic acids is 1. The molecule has 1 amide bonds. The van der Waals surface area contributed by atoms with E-state index in [2.05, 4.69) is 41.8 Å². The van der Waals surface area contributed by atoms with E-state index in [9.17, 15) is 4.79 Å². The molecule has 0 aliphatic carbocycles. The maximum absolute atomic E-state index is 12.3. The van der Waals surface area contributed by atoms with Gasteiger partial charge in [0.1, 0.15) is 5.58 Å². The van der Waals surface area contributed by atoms with Crippen LogP contribution in [0.1, 0.15) is 33.4 Å². The van der Waals surface area contributed by atoms with Crippen molar-refractivity contribution in [3.63, 3.8) is 0 Å². The molecule has 0 saturated heterocycles. The Morgan fingerprint density at radius 1 is 1.16 bits per heavy atom. The smallest absolute Gasteiger partial charge is 0.224 e. The van der Waals surface area contributed by atoms with Gasteiger partial charge in [0.15, 0.2) is 0 Å². The molecule has 0 saturated carbocycles. The quantitative estimate of drug-likeness (QED) is 0.768. The first kappa shape index (κ1) is 15.9. The number of furan rings is 1. The van der Waals surface area contributed by atoms with Gasteiger partial charge in [0.25, 0.3) is 0 Å². The number of amides is 1. The molecule has 1 aliphatic heterocycles. The van der Waals surface area contributed by atoms with E-state index in [-0.39, 0.29) is 5.91 Å². The molecule has 0 atom stereocenters. The van der Waals surface area contributed by atoms with Gasteiger partial charge in [-0.2, -0.15) is 0 Å². The summed E-state index contributed by atoms with van der Waals surface area (Å²) < 4.78 is 5.69. The first-order chi connectivity index (χ1) is 12.1. The summed E-state index contributed by atoms with van der Waals surface area (Å²) in [5, 5.41) is 7.38. The van der Waals surface area contributed by atoms with E-state index >= 15 is 0 Å². The monoisotopic (exact) mass is 334 g/mol. The van der Waals surface area contributed by atoms with Crippen molar-refractivity contribution in [1.29, 1.82) is 0 Å². The topological polar surface area (TPSA) is 54.3 Å². The van der Waals surface area contributed by atoms with E-state index in [4.69, 9.17) is 4.42 Å². The average molecular weight is 334 g/mol. The van der Waals surface area contributed by atoms with Crippen molar-refractivity contribution in [3.05, 3.63) is 70.0 Å². The van der Waals surface area contributed by atoms with Crippen LogP contribution in [0.5, 0.6) is 0 Å². The highest BCUT2D eigenvalue weighted by Crippen LogP contribution is 2.26. The van der Waals surface area contributed by atoms with Crippen LogP contribution in [0.3, 0.4) is 0 Å². The second-order valence-electron chi connectivity index (χ2n) is 6.81. The molecule has 0 radical (unpaired) electrons. The molecule has 2 heterocycles. The third-order valence-corrected chi connectivity index (χ3v) is 5.08. The Bertz CT molecular complexity index is 956. The zero-order chi connectivity index (χ0) is 17.4. The second kappa shape index (κ2) is 6.37. The molecule has 4 heteroatoms. The predicted molar refractivity (Wildman–Crippen MR) is 98.2 cm³/mol. The van der Waals surface area contributed by atoms with Crippen LogP contribution in [-0.2, 0) is 30.8 Å². The van der Waals surface area contributed by atoms with Gasteiger partial charge < -0.3 is 15.1 Å². The third kappa shape index (κ3) is 3.05. The van der Waals surface area contributed by atoms with Crippen molar-refractivity contribution in [3.8, 4) is 0 Å². The molecular weight excluding hydrogens is 312 g/mol. The molecule has 4 rings (SSSR count). The van der Waals surface area contributed by atoms with Crippen molar-refractivity contribution in [2.45, 2.75) is 39.9 Å². The van der Waals surface area contributed by atoms with Crippen molar-refractivity contribution < 1.29 is 9.21 Å². The number of aryl methyl sites for hydroxylation is 2. The Kier molecular flexibility index (Phi) is 4.06. The molecule has 128 valence electrons. The molecule has 0 fully saturated rings. The summed E-state index contributed by atoms with van der Waals surface area (Å²) in [7, 11) is 0. The fourth-order valence-electron chi connectivity index (χ4n) is 3.42. The molecule has 0 unspecified atom stereocenters. The van der Waals surface area contributed by atoms with Crippen molar-refractivity contribution in [1.82, 2.24) is 10.6 Å². The van der Waals surface area contributed by atoms with E-state index in [0.29, 0.717) is 13.0 Å². The number of hydrogen-bond donors (Lipinski definition) is 2. The fourth-order valence-corrected chi connectivity index (χ4v) is 3.42. The molecule has 3 aromatic rings. The van der Waals surface area contributed by atoms with E-state index < -0.39 is 0 Å². The summed E-state index contributed by atoms with van der Waals surface area (Å²) in [5.74, 6) is 0.0135. The van der Waals surface area contributed by atoms with Gasteiger partial charge in [-0.05, 0) is 41.7 Å². The largest absolute Gasteiger partial charge is 0.464 e. The minimum Gasteiger partial charge on any atom is -0.464 e. The molecule has 1 aromatic heterocycles. The number of rotatable bonds is 4. The number of fused-ring (bicyclic) bond motifs is 2. The Hall–Kier alpha value is -2.59. The number of nitrogens with one attached hydrogen (secondary N) is 2. The van der Waals surface area contributed by atoms with Crippen LogP contribution < -0.4 is 10.6 Å². The van der Waals surface area contributed by atoms with Crippen LogP contribution in [0.2, 0.25) is 0 Å². The number of carbonyl (C=O) groups is 1. The summed E-state index contributed by atoms with van der Waals surface area (Å²) in [6.45, 7) is 6.52. The number of benzene rings is 2. The second-order valence-corrected chi connectivity index (χ2v) is 6.81. The van der Waals surface area contributed by atoms with Gasteiger partial charge in [-0.3, -0.25) is 4.79 Å². The molecule has 1 aliphatic rings. The lowest BCUT2D eigenvalue weighted by molar-refractivity contribution is -0.120. The molecule has 2 aromatic carbocycles. The van der Waals surface area contributed by atoms with Gasteiger partial charge in [0, 0.05) is 30.6 Å². The Labute approximate surface area is 147 Å². The maximum Gasteiger partial charge on any atom is 0.224 e. The lowest BCUT2D eigenvalue weighted by Crippen LogP contribution is -2.24. The standard InChI is InChI=1S/C21H22N2O2/c1-13-3-6-19-18(12-25-21(19)14(13)2)8-20(24)23-9-15-4-5-16-10-22-11-17(16)7-15/h3-7,12,22H,8-11H2,1-2H3,(H,23,24). The minimum atomic E-state index is 0.0135. The Morgan fingerprint density at radius 3 is 2.88 bits per heavy atom. The van der Waals surface area contributed by atoms with Crippen molar-refractivity contribution in [2.24, 2.45) is 0 Å². The highest BCUT2D eigenvalue weighted by Gasteiger charge is 2.14. The first-order valence-corrected chi connectivity index (χ1v) is 8.66. The van der Waals surface area contributed by atoms with Gasteiger partial charge in [-0.25, -0.2) is 0 Å². The zero-order valence-electron chi connectivity index (χ0n) is 14.6. The van der Waals surface area contributed by atoms with Crippen LogP contribution in [0.4, 0.5) is 0 Å². The van der Waals surface area contributed by atoms with E-state index in [1.54, 1.807) is 6.26 Å². The van der Waals surface area contributed by atoms with Gasteiger partial charge in [-0.1, -0.05) is 30.3 Å². The lowest BCUT2D eigenvalue weighted by atomic mass is 10.0. The lowest BCUT2D eigenvalue weighted by Gasteiger charge is -2.07. The molecule has 0 spiro atoms. The molecular formula is C21H22N2O2. The van der Waals surface area contributed by atoms with Gasteiger partial charge in [0.2, 0.25) is 5.91 Å².